The number of anilines is 1. The minimum absolute atomic E-state index is 0.212. The van der Waals surface area contributed by atoms with Crippen LogP contribution in [0.3, 0.4) is 0 Å². The number of carbonyl (C=O) groups is 1. The molecule has 1 N–H and O–H groups in total. The maximum atomic E-state index is 12.1. The summed E-state index contributed by atoms with van der Waals surface area (Å²) in [6, 6.07) is 9.46. The zero-order valence-corrected chi connectivity index (χ0v) is 17.4. The lowest BCUT2D eigenvalue weighted by Gasteiger charge is -2.43. The molecule has 0 saturated carbocycles. The van der Waals surface area contributed by atoms with E-state index < -0.39 is 5.60 Å². The number of amides is 1. The third-order valence-corrected chi connectivity index (χ3v) is 7.17. The third kappa shape index (κ3) is 4.06. The molecule has 0 spiro atoms. The van der Waals surface area contributed by atoms with E-state index >= 15 is 0 Å². The highest BCUT2D eigenvalue weighted by atomic mass is 16.3. The molecule has 3 heterocycles. The van der Waals surface area contributed by atoms with Gasteiger partial charge in [0.25, 0.3) is 0 Å². The molecule has 0 unspecified atom stereocenters. The first-order chi connectivity index (χ1) is 13.5. The van der Waals surface area contributed by atoms with E-state index in [1.807, 2.05) is 0 Å². The van der Waals surface area contributed by atoms with Crippen LogP contribution in [0, 0.1) is 6.92 Å². The summed E-state index contributed by atoms with van der Waals surface area (Å²) in [7, 11) is 0. The van der Waals surface area contributed by atoms with Gasteiger partial charge >= 0.3 is 0 Å². The number of benzene rings is 1. The molecule has 1 amide bonds. The van der Waals surface area contributed by atoms with Gasteiger partial charge in [0.15, 0.2) is 0 Å². The van der Waals surface area contributed by atoms with Crippen LogP contribution in [0.2, 0.25) is 0 Å². The van der Waals surface area contributed by atoms with Crippen LogP contribution in [0.25, 0.3) is 0 Å². The van der Waals surface area contributed by atoms with Crippen molar-refractivity contribution in [3.05, 3.63) is 29.8 Å². The molecule has 1 aromatic rings. The molecular weight excluding hydrogens is 350 g/mol. The number of carbonyl (C=O) groups excluding carboxylic acids is 1. The van der Waals surface area contributed by atoms with E-state index in [1.54, 1.807) is 6.92 Å². The number of fused-ring (bicyclic) bond motifs is 1. The Labute approximate surface area is 169 Å². The molecule has 1 aromatic carbocycles. The number of likely N-dealkylation sites (tertiary alicyclic amines) is 2. The number of β-amino-alcohol motifs (C(OH)–C–C–N with tert-alkyl or cyclic N) is 1. The molecule has 0 bridgehead atoms. The van der Waals surface area contributed by atoms with Crippen LogP contribution in [-0.4, -0.2) is 71.2 Å². The van der Waals surface area contributed by atoms with Crippen molar-refractivity contribution in [2.45, 2.75) is 70.1 Å². The first-order valence-corrected chi connectivity index (χ1v) is 11.0. The van der Waals surface area contributed by atoms with Gasteiger partial charge in [-0.25, -0.2) is 0 Å². The Morgan fingerprint density at radius 3 is 2.43 bits per heavy atom. The van der Waals surface area contributed by atoms with Gasteiger partial charge in [0.2, 0.25) is 5.91 Å². The van der Waals surface area contributed by atoms with E-state index in [0.29, 0.717) is 12.1 Å². The zero-order chi connectivity index (χ0) is 19.7. The first kappa shape index (κ1) is 19.7. The molecular formula is C23H35N3O2. The molecule has 3 fully saturated rings. The Hall–Kier alpha value is -1.59. The summed E-state index contributed by atoms with van der Waals surface area (Å²) in [6.07, 6.45) is 6.11. The van der Waals surface area contributed by atoms with Crippen LogP contribution in [0.1, 0.15) is 51.0 Å². The van der Waals surface area contributed by atoms with Crippen LogP contribution in [-0.2, 0) is 4.79 Å². The van der Waals surface area contributed by atoms with Crippen LogP contribution >= 0.6 is 0 Å². The number of piperidine rings is 1. The lowest BCUT2D eigenvalue weighted by molar-refractivity contribution is -0.131. The molecule has 5 nitrogen and oxygen atoms in total. The second kappa shape index (κ2) is 8.03. The van der Waals surface area contributed by atoms with Crippen molar-refractivity contribution in [3.63, 3.8) is 0 Å². The smallest absolute Gasteiger partial charge is 0.219 e. The fourth-order valence-corrected chi connectivity index (χ4v) is 5.50. The van der Waals surface area contributed by atoms with E-state index in [9.17, 15) is 9.90 Å². The van der Waals surface area contributed by atoms with E-state index in [0.717, 1.165) is 64.8 Å². The number of aliphatic hydroxyl groups is 1. The number of nitrogens with zero attached hydrogens (tertiary/aromatic N) is 3. The van der Waals surface area contributed by atoms with Gasteiger partial charge < -0.3 is 14.9 Å². The highest BCUT2D eigenvalue weighted by molar-refractivity contribution is 5.73. The largest absolute Gasteiger partial charge is 0.388 e. The molecule has 3 aliphatic heterocycles. The lowest BCUT2D eigenvalue weighted by atomic mass is 9.90. The third-order valence-electron chi connectivity index (χ3n) is 7.17. The van der Waals surface area contributed by atoms with Gasteiger partial charge in [-0.2, -0.15) is 0 Å². The average Bonchev–Trinajstić information content (AvgIpc) is 2.92. The predicted octanol–water partition coefficient (Wildman–Crippen LogP) is 2.80. The molecule has 0 aliphatic carbocycles. The van der Waals surface area contributed by atoms with Gasteiger partial charge in [-0.15, -0.1) is 0 Å². The summed E-state index contributed by atoms with van der Waals surface area (Å²) < 4.78 is 0. The fraction of sp³-hybridized carbons (Fsp3) is 0.696. The van der Waals surface area contributed by atoms with Crippen LogP contribution in [0.4, 0.5) is 5.69 Å². The highest BCUT2D eigenvalue weighted by Gasteiger charge is 2.43. The Balaban J connectivity index is 1.38. The van der Waals surface area contributed by atoms with Crippen molar-refractivity contribution in [2.75, 3.05) is 37.6 Å². The topological polar surface area (TPSA) is 47.0 Å². The normalized spacial score (nSPS) is 28.1. The van der Waals surface area contributed by atoms with Gasteiger partial charge in [0.05, 0.1) is 5.60 Å². The zero-order valence-electron chi connectivity index (χ0n) is 17.4. The van der Waals surface area contributed by atoms with E-state index in [2.05, 4.69) is 45.9 Å². The van der Waals surface area contributed by atoms with Gasteiger partial charge in [-0.3, -0.25) is 9.69 Å². The number of rotatable bonds is 3. The quantitative estimate of drug-likeness (QED) is 0.869. The second-order valence-electron chi connectivity index (χ2n) is 9.15. The van der Waals surface area contributed by atoms with Crippen molar-refractivity contribution in [1.29, 1.82) is 0 Å². The second-order valence-corrected chi connectivity index (χ2v) is 9.15. The van der Waals surface area contributed by atoms with E-state index in [4.69, 9.17) is 0 Å². The fourth-order valence-electron chi connectivity index (χ4n) is 5.50. The summed E-state index contributed by atoms with van der Waals surface area (Å²) in [6.45, 7) is 8.29. The van der Waals surface area contributed by atoms with Gasteiger partial charge in [0.1, 0.15) is 0 Å². The van der Waals surface area contributed by atoms with Gasteiger partial charge in [-0.05, 0) is 51.2 Å². The molecule has 3 saturated heterocycles. The summed E-state index contributed by atoms with van der Waals surface area (Å²) in [5.74, 6) is 0.212. The summed E-state index contributed by atoms with van der Waals surface area (Å²) in [5, 5.41) is 11.3. The van der Waals surface area contributed by atoms with Crippen molar-refractivity contribution in [3.8, 4) is 0 Å². The maximum Gasteiger partial charge on any atom is 0.219 e. The molecule has 28 heavy (non-hydrogen) atoms. The number of aryl methyl sites for hydroxylation is 1. The summed E-state index contributed by atoms with van der Waals surface area (Å²) in [5.41, 5.74) is 1.93. The average molecular weight is 386 g/mol. The standard InChI is InChI=1S/C23H35N3O2/c1-18-6-8-20(9-7-18)24-15-11-23(28,12-16-24)17-25-14-10-22-21(25)5-3-4-13-26(22)19(2)27/h6-9,21-22,28H,3-5,10-17H2,1-2H3/t21-,22-/m0/s1. The molecule has 2 atom stereocenters. The SMILES string of the molecule is CC(=O)N1CCCC[C@H]2[C@@H]1CCN2CC1(O)CCN(c2ccc(C)cc2)CC1. The Morgan fingerprint density at radius 2 is 1.75 bits per heavy atom. The number of hydrogen-bond acceptors (Lipinski definition) is 4. The predicted molar refractivity (Wildman–Crippen MR) is 113 cm³/mol. The molecule has 0 radical (unpaired) electrons. The van der Waals surface area contributed by atoms with E-state index in [1.165, 1.54) is 17.7 Å². The summed E-state index contributed by atoms with van der Waals surface area (Å²) >= 11 is 0. The van der Waals surface area contributed by atoms with Gasteiger partial charge in [0, 0.05) is 57.4 Å². The Kier molecular flexibility index (Phi) is 5.66. The lowest BCUT2D eigenvalue weighted by Crippen LogP contribution is -2.53. The minimum atomic E-state index is -0.608. The van der Waals surface area contributed by atoms with Crippen molar-refractivity contribution in [1.82, 2.24) is 9.80 Å². The molecule has 0 aromatic heterocycles. The van der Waals surface area contributed by atoms with Crippen molar-refractivity contribution < 1.29 is 9.90 Å². The number of hydrogen-bond donors (Lipinski definition) is 1. The monoisotopic (exact) mass is 385 g/mol. The summed E-state index contributed by atoms with van der Waals surface area (Å²) in [4.78, 5) is 19.1. The van der Waals surface area contributed by atoms with Crippen LogP contribution in [0.15, 0.2) is 24.3 Å². The van der Waals surface area contributed by atoms with Gasteiger partial charge in [-0.1, -0.05) is 24.1 Å². The molecule has 4 rings (SSSR count). The molecule has 3 aliphatic rings. The van der Waals surface area contributed by atoms with Crippen molar-refractivity contribution >= 4 is 11.6 Å². The molecule has 154 valence electrons. The van der Waals surface area contributed by atoms with E-state index in [-0.39, 0.29) is 5.91 Å². The first-order valence-electron chi connectivity index (χ1n) is 11.0. The Morgan fingerprint density at radius 1 is 1.04 bits per heavy atom. The van der Waals surface area contributed by atoms with Crippen LogP contribution < -0.4 is 4.90 Å². The van der Waals surface area contributed by atoms with Crippen molar-refractivity contribution in [2.24, 2.45) is 0 Å². The highest BCUT2D eigenvalue weighted by Crippen LogP contribution is 2.34. The molecule has 5 heteroatoms. The Bertz CT molecular complexity index is 682. The minimum Gasteiger partial charge on any atom is -0.388 e. The van der Waals surface area contributed by atoms with Crippen LogP contribution in [0.5, 0.6) is 0 Å². The maximum absolute atomic E-state index is 12.1.